The maximum absolute atomic E-state index is 8.45. The summed E-state index contributed by atoms with van der Waals surface area (Å²) in [6, 6.07) is 0. The van der Waals surface area contributed by atoms with Gasteiger partial charge in [-0.2, -0.15) is 0 Å². The van der Waals surface area contributed by atoms with Crippen LogP contribution in [0.4, 0.5) is 0 Å². The number of aliphatic hydroxyl groups excluding tert-OH is 1. The predicted octanol–water partition coefficient (Wildman–Crippen LogP) is 3.47. The number of unbranched alkanes of at least 4 members (excludes halogenated alkanes) is 5. The van der Waals surface area contributed by atoms with Gasteiger partial charge < -0.3 is 5.11 Å². The Balaban J connectivity index is 3.63. The lowest BCUT2D eigenvalue weighted by Gasteiger charge is -1.89. The molecule has 0 aromatic rings. The molecule has 0 saturated carbocycles. The molecule has 0 bridgehead atoms. The lowest BCUT2D eigenvalue weighted by atomic mass is 10.2. The van der Waals surface area contributed by atoms with Crippen molar-refractivity contribution in [3.63, 3.8) is 0 Å². The first-order chi connectivity index (χ1) is 11.4. The monoisotopic (exact) mass is 302 g/mol. The van der Waals surface area contributed by atoms with Gasteiger partial charge in [-0.05, 0) is 67.9 Å². The summed E-state index contributed by atoms with van der Waals surface area (Å²) in [5.41, 5.74) is 0. The first-order valence-electron chi connectivity index (χ1n) is 7.73. The van der Waals surface area contributed by atoms with E-state index in [2.05, 4.69) is 53.3 Å². The molecule has 1 N–H and O–H groups in total. The summed E-state index contributed by atoms with van der Waals surface area (Å²) in [7, 11) is 0. The van der Waals surface area contributed by atoms with Crippen LogP contribution in [0, 0.1) is 59.7 Å². The zero-order chi connectivity index (χ0) is 16.8. The van der Waals surface area contributed by atoms with Crippen molar-refractivity contribution in [3.8, 4) is 59.7 Å². The molecule has 0 atom stereocenters. The molecule has 23 heavy (non-hydrogen) atoms. The summed E-state index contributed by atoms with van der Waals surface area (Å²) in [4.78, 5) is 0. The van der Waals surface area contributed by atoms with Crippen LogP contribution in [0.2, 0.25) is 0 Å². The van der Waals surface area contributed by atoms with Crippen molar-refractivity contribution < 1.29 is 5.11 Å². The number of hydrogen-bond donors (Lipinski definition) is 1. The van der Waals surface area contributed by atoms with Crippen molar-refractivity contribution in [2.24, 2.45) is 0 Å². The van der Waals surface area contributed by atoms with Crippen LogP contribution in [0.3, 0.4) is 0 Å². The van der Waals surface area contributed by atoms with Gasteiger partial charge in [0.25, 0.3) is 0 Å². The Morgan fingerprint density at radius 2 is 1.39 bits per heavy atom. The maximum Gasteiger partial charge on any atom is 0.104 e. The zero-order valence-electron chi connectivity index (χ0n) is 13.5. The second kappa shape index (κ2) is 19.2. The van der Waals surface area contributed by atoms with Crippen molar-refractivity contribution in [1.29, 1.82) is 0 Å². The van der Waals surface area contributed by atoms with Crippen LogP contribution in [0.25, 0.3) is 0 Å². The molecule has 0 aliphatic carbocycles. The second-order valence-electron chi connectivity index (χ2n) is 4.44. The van der Waals surface area contributed by atoms with Crippen LogP contribution >= 0.6 is 0 Å². The summed E-state index contributed by atoms with van der Waals surface area (Å²) in [5, 5.41) is 8.45. The summed E-state index contributed by atoms with van der Waals surface area (Å²) < 4.78 is 0. The highest BCUT2D eigenvalue weighted by Crippen LogP contribution is 1.99. The molecular weight excluding hydrogens is 280 g/mol. The predicted molar refractivity (Wildman–Crippen MR) is 97.6 cm³/mol. The number of allylic oxidation sites excluding steroid dienone is 4. The molecule has 116 valence electrons. The van der Waals surface area contributed by atoms with Crippen molar-refractivity contribution in [1.82, 2.24) is 0 Å². The lowest BCUT2D eigenvalue weighted by Crippen LogP contribution is -1.72. The molecule has 1 nitrogen and oxygen atoms in total. The van der Waals surface area contributed by atoms with Crippen molar-refractivity contribution in [2.75, 3.05) is 6.61 Å². The fourth-order valence-electron chi connectivity index (χ4n) is 1.46. The third-order valence-corrected chi connectivity index (χ3v) is 2.56. The van der Waals surface area contributed by atoms with E-state index in [4.69, 9.17) is 11.5 Å². The Bertz CT molecular complexity index is 640. The van der Waals surface area contributed by atoms with Crippen LogP contribution in [0.15, 0.2) is 24.3 Å². The Hall–Kier alpha value is -2.76. The third kappa shape index (κ3) is 19.2. The molecule has 0 radical (unpaired) electrons. The summed E-state index contributed by atoms with van der Waals surface area (Å²) in [5.74, 6) is 24.8. The third-order valence-electron chi connectivity index (χ3n) is 2.56. The number of aliphatic hydroxyl groups is 1. The molecule has 1 heteroatoms. The Labute approximate surface area is 141 Å². The van der Waals surface area contributed by atoms with Crippen LogP contribution in [-0.2, 0) is 0 Å². The number of hydrogen-bond acceptors (Lipinski definition) is 1. The maximum atomic E-state index is 8.45. The average Bonchev–Trinajstić information content (AvgIpc) is 2.57. The first-order valence-corrected chi connectivity index (χ1v) is 7.73. The highest BCUT2D eigenvalue weighted by Gasteiger charge is 1.82. The van der Waals surface area contributed by atoms with E-state index in [0.717, 1.165) is 44.9 Å². The molecule has 0 aliphatic heterocycles. The van der Waals surface area contributed by atoms with E-state index in [1.165, 1.54) is 0 Å². The standard InChI is InChI=1S/C22H22O/c1-2-3-4-5-6-7-8-9-10-11-12-13-14-15-16-17-18-19-20-21-22-23/h1,3-4,18-19,23H,5-8,15-17,22H2/b4-3-,19-18+. The van der Waals surface area contributed by atoms with Crippen molar-refractivity contribution >= 4 is 0 Å². The van der Waals surface area contributed by atoms with Crippen LogP contribution in [0.5, 0.6) is 0 Å². The fourth-order valence-corrected chi connectivity index (χ4v) is 1.46. The molecule has 0 spiro atoms. The molecule has 0 amide bonds. The molecule has 0 saturated heterocycles. The van der Waals surface area contributed by atoms with Crippen LogP contribution in [-0.4, -0.2) is 11.7 Å². The summed E-state index contributed by atoms with van der Waals surface area (Å²) in [6.07, 6.45) is 19.3. The van der Waals surface area contributed by atoms with E-state index in [0.29, 0.717) is 0 Å². The van der Waals surface area contributed by atoms with Crippen molar-refractivity contribution in [2.45, 2.75) is 44.9 Å². The van der Waals surface area contributed by atoms with Gasteiger partial charge in [0, 0.05) is 12.8 Å². The minimum absolute atomic E-state index is 0.0960. The van der Waals surface area contributed by atoms with E-state index >= 15 is 0 Å². The quantitative estimate of drug-likeness (QED) is 0.564. The van der Waals surface area contributed by atoms with Crippen LogP contribution in [0.1, 0.15) is 44.9 Å². The Morgan fingerprint density at radius 3 is 2.09 bits per heavy atom. The van der Waals surface area contributed by atoms with E-state index in [9.17, 15) is 0 Å². The summed E-state index contributed by atoms with van der Waals surface area (Å²) in [6.45, 7) is -0.0960. The minimum Gasteiger partial charge on any atom is -0.384 e. The van der Waals surface area contributed by atoms with E-state index < -0.39 is 0 Å². The van der Waals surface area contributed by atoms with Gasteiger partial charge in [0.2, 0.25) is 0 Å². The average molecular weight is 302 g/mol. The molecule has 0 unspecified atom stereocenters. The normalized spacial score (nSPS) is 8.70. The van der Waals surface area contributed by atoms with Gasteiger partial charge in [-0.1, -0.05) is 41.8 Å². The number of rotatable bonds is 7. The minimum atomic E-state index is -0.0960. The second-order valence-corrected chi connectivity index (χ2v) is 4.44. The van der Waals surface area contributed by atoms with E-state index in [-0.39, 0.29) is 6.61 Å². The summed E-state index contributed by atoms with van der Waals surface area (Å²) >= 11 is 0. The highest BCUT2D eigenvalue weighted by atomic mass is 16.2. The van der Waals surface area contributed by atoms with Gasteiger partial charge in [0.05, 0.1) is 0 Å². The highest BCUT2D eigenvalue weighted by molar-refractivity contribution is 5.35. The van der Waals surface area contributed by atoms with E-state index in [1.807, 2.05) is 12.2 Å². The van der Waals surface area contributed by atoms with Gasteiger partial charge in [-0.3, -0.25) is 0 Å². The number of terminal acetylenes is 1. The van der Waals surface area contributed by atoms with Crippen LogP contribution < -0.4 is 0 Å². The molecule has 0 aromatic heterocycles. The zero-order valence-corrected chi connectivity index (χ0v) is 13.5. The van der Waals surface area contributed by atoms with E-state index in [1.54, 1.807) is 12.2 Å². The van der Waals surface area contributed by atoms with Gasteiger partial charge >= 0.3 is 0 Å². The molecule has 0 heterocycles. The molecule has 0 aliphatic rings. The Kier molecular flexibility index (Phi) is 16.9. The largest absolute Gasteiger partial charge is 0.384 e. The lowest BCUT2D eigenvalue weighted by molar-refractivity contribution is 0.350. The topological polar surface area (TPSA) is 20.2 Å². The van der Waals surface area contributed by atoms with Gasteiger partial charge in [0.1, 0.15) is 6.61 Å². The Morgan fingerprint density at radius 1 is 0.739 bits per heavy atom. The molecule has 0 fully saturated rings. The van der Waals surface area contributed by atoms with Gasteiger partial charge in [0.15, 0.2) is 0 Å². The van der Waals surface area contributed by atoms with Gasteiger partial charge in [-0.25, -0.2) is 0 Å². The molecule has 0 aromatic carbocycles. The SMILES string of the molecule is C#C/C=C\CCCCC#CC#CC#CCCC/C=C/C#CCO. The van der Waals surface area contributed by atoms with Crippen molar-refractivity contribution in [3.05, 3.63) is 24.3 Å². The van der Waals surface area contributed by atoms with Gasteiger partial charge in [-0.15, -0.1) is 6.42 Å². The smallest absolute Gasteiger partial charge is 0.104 e. The first kappa shape index (κ1) is 20.2. The molecular formula is C22H22O. The molecule has 0 rings (SSSR count). The fraction of sp³-hybridized carbons (Fsp3) is 0.364.